The fourth-order valence-electron chi connectivity index (χ4n) is 4.69. The third-order valence-electron chi connectivity index (χ3n) is 6.63. The van der Waals surface area contributed by atoms with Crippen molar-refractivity contribution in [1.29, 1.82) is 0 Å². The average Bonchev–Trinajstić information content (AvgIpc) is 2.69. The number of piperidine rings is 1. The van der Waals surface area contributed by atoms with E-state index in [1.54, 1.807) is 6.20 Å². The predicted octanol–water partition coefficient (Wildman–Crippen LogP) is 3.15. The lowest BCUT2D eigenvalue weighted by Crippen LogP contribution is -2.42. The predicted molar refractivity (Wildman–Crippen MR) is 123 cm³/mol. The molecule has 0 unspecified atom stereocenters. The maximum Gasteiger partial charge on any atom is 0.223 e. The fraction of sp³-hybridized carbons (Fsp3) is 0.739. The Morgan fingerprint density at radius 3 is 2.40 bits per heavy atom. The Balaban J connectivity index is 1.56. The molecule has 7 heteroatoms. The minimum absolute atomic E-state index is 0.118. The van der Waals surface area contributed by atoms with Crippen LogP contribution in [0.25, 0.3) is 0 Å². The van der Waals surface area contributed by atoms with E-state index in [2.05, 4.69) is 26.6 Å². The number of aromatic nitrogens is 1. The van der Waals surface area contributed by atoms with Crippen LogP contribution in [0.2, 0.25) is 0 Å². The van der Waals surface area contributed by atoms with E-state index in [9.17, 15) is 9.90 Å². The van der Waals surface area contributed by atoms with Gasteiger partial charge in [-0.05, 0) is 72.1 Å². The number of nitrogens with zero attached hydrogens (tertiary/aromatic N) is 2. The molecule has 7 nitrogen and oxygen atoms in total. The number of carbonyl (C=O) groups is 1. The maximum absolute atomic E-state index is 12.3. The Kier molecular flexibility index (Phi) is 7.11. The van der Waals surface area contributed by atoms with Crippen molar-refractivity contribution >= 4 is 23.1 Å². The third-order valence-corrected chi connectivity index (χ3v) is 6.63. The van der Waals surface area contributed by atoms with E-state index in [1.807, 2.05) is 27.7 Å². The number of hydrogen-bond acceptors (Lipinski definition) is 6. The molecule has 1 saturated carbocycles. The van der Waals surface area contributed by atoms with Crippen LogP contribution in [0.4, 0.5) is 17.2 Å². The topological polar surface area (TPSA) is 104 Å². The van der Waals surface area contributed by atoms with Crippen molar-refractivity contribution in [2.24, 2.45) is 11.8 Å². The van der Waals surface area contributed by atoms with E-state index < -0.39 is 5.60 Å². The second-order valence-corrected chi connectivity index (χ2v) is 9.90. The average molecular weight is 418 g/mol. The molecular weight excluding hydrogens is 378 g/mol. The van der Waals surface area contributed by atoms with Gasteiger partial charge in [0, 0.05) is 37.2 Å². The SMILES string of the molecule is CC(C)NC(=O)C1CCC(Nc2cc(N3CCC(C(C)(C)O)CC3)ncc2N)CC1. The molecule has 2 heterocycles. The van der Waals surface area contributed by atoms with Gasteiger partial charge in [-0.25, -0.2) is 4.98 Å². The number of rotatable bonds is 6. The summed E-state index contributed by atoms with van der Waals surface area (Å²) in [7, 11) is 0. The second-order valence-electron chi connectivity index (χ2n) is 9.90. The first kappa shape index (κ1) is 22.7. The van der Waals surface area contributed by atoms with Crippen LogP contribution in [-0.2, 0) is 4.79 Å². The summed E-state index contributed by atoms with van der Waals surface area (Å²) in [4.78, 5) is 19.1. The van der Waals surface area contributed by atoms with E-state index in [0.29, 0.717) is 17.6 Å². The molecule has 0 aromatic carbocycles. The minimum atomic E-state index is -0.627. The lowest BCUT2D eigenvalue weighted by atomic mass is 9.83. The van der Waals surface area contributed by atoms with Crippen LogP contribution in [0.3, 0.4) is 0 Å². The number of nitrogens with two attached hydrogens (primary N) is 1. The van der Waals surface area contributed by atoms with E-state index in [-0.39, 0.29) is 17.9 Å². The van der Waals surface area contributed by atoms with Crippen LogP contribution in [0.15, 0.2) is 12.3 Å². The Labute approximate surface area is 180 Å². The summed E-state index contributed by atoms with van der Waals surface area (Å²) < 4.78 is 0. The highest BCUT2D eigenvalue weighted by molar-refractivity contribution is 5.79. The molecule has 168 valence electrons. The van der Waals surface area contributed by atoms with Crippen LogP contribution < -0.4 is 21.3 Å². The Morgan fingerprint density at radius 2 is 1.83 bits per heavy atom. The lowest BCUT2D eigenvalue weighted by molar-refractivity contribution is -0.126. The first-order valence-corrected chi connectivity index (χ1v) is 11.4. The molecule has 0 bridgehead atoms. The smallest absolute Gasteiger partial charge is 0.223 e. The molecule has 1 aliphatic heterocycles. The molecule has 1 aromatic rings. The van der Waals surface area contributed by atoms with Crippen LogP contribution in [0.1, 0.15) is 66.2 Å². The molecule has 1 amide bonds. The normalized spacial score (nSPS) is 23.5. The first-order chi connectivity index (χ1) is 14.1. The number of hydrogen-bond donors (Lipinski definition) is 4. The van der Waals surface area contributed by atoms with Gasteiger partial charge >= 0.3 is 0 Å². The van der Waals surface area contributed by atoms with E-state index >= 15 is 0 Å². The Bertz CT molecular complexity index is 715. The summed E-state index contributed by atoms with van der Waals surface area (Å²) in [6, 6.07) is 2.57. The van der Waals surface area contributed by atoms with Crippen molar-refractivity contribution in [3.63, 3.8) is 0 Å². The van der Waals surface area contributed by atoms with Gasteiger partial charge in [-0.15, -0.1) is 0 Å². The van der Waals surface area contributed by atoms with Gasteiger partial charge in [0.2, 0.25) is 5.91 Å². The first-order valence-electron chi connectivity index (χ1n) is 11.4. The molecule has 2 fully saturated rings. The summed E-state index contributed by atoms with van der Waals surface area (Å²) in [5.41, 5.74) is 7.17. The molecule has 2 aliphatic rings. The van der Waals surface area contributed by atoms with Gasteiger partial charge in [0.05, 0.1) is 23.2 Å². The van der Waals surface area contributed by atoms with Crippen molar-refractivity contribution in [3.05, 3.63) is 12.3 Å². The third kappa shape index (κ3) is 5.78. The Hall–Kier alpha value is -2.02. The zero-order valence-corrected chi connectivity index (χ0v) is 18.9. The van der Waals surface area contributed by atoms with Crippen LogP contribution in [0, 0.1) is 11.8 Å². The summed E-state index contributed by atoms with van der Waals surface area (Å²) in [6.07, 6.45) is 7.38. The number of anilines is 3. The van der Waals surface area contributed by atoms with Crippen LogP contribution in [-0.4, -0.2) is 46.8 Å². The van der Waals surface area contributed by atoms with Gasteiger partial charge < -0.3 is 26.4 Å². The van der Waals surface area contributed by atoms with Gasteiger partial charge in [0.1, 0.15) is 5.82 Å². The van der Waals surface area contributed by atoms with E-state index in [0.717, 1.165) is 63.1 Å². The number of amides is 1. The van der Waals surface area contributed by atoms with Gasteiger partial charge in [-0.2, -0.15) is 0 Å². The fourth-order valence-corrected chi connectivity index (χ4v) is 4.69. The van der Waals surface area contributed by atoms with Gasteiger partial charge in [-0.3, -0.25) is 4.79 Å². The highest BCUT2D eigenvalue weighted by Crippen LogP contribution is 2.33. The zero-order chi connectivity index (χ0) is 21.9. The lowest BCUT2D eigenvalue weighted by Gasteiger charge is -2.38. The Morgan fingerprint density at radius 1 is 1.20 bits per heavy atom. The quantitative estimate of drug-likeness (QED) is 0.567. The summed E-state index contributed by atoms with van der Waals surface area (Å²) >= 11 is 0. The van der Waals surface area contributed by atoms with Crippen molar-refractivity contribution in [1.82, 2.24) is 10.3 Å². The standard InChI is InChI=1S/C23H39N5O2/c1-15(2)26-22(29)16-5-7-18(8-6-16)27-20-13-21(25-14-19(20)24)28-11-9-17(10-12-28)23(3,4)30/h13-18,30H,5-12,24H2,1-4H3,(H,25,27)(H,26,29). The number of aliphatic hydroxyl groups is 1. The molecule has 1 aliphatic carbocycles. The minimum Gasteiger partial charge on any atom is -0.396 e. The number of nitrogen functional groups attached to an aromatic ring is 1. The summed E-state index contributed by atoms with van der Waals surface area (Å²) in [6.45, 7) is 9.59. The molecular formula is C23H39N5O2. The molecule has 1 saturated heterocycles. The summed E-state index contributed by atoms with van der Waals surface area (Å²) in [5.74, 6) is 1.56. The van der Waals surface area contributed by atoms with E-state index in [1.165, 1.54) is 0 Å². The number of pyridine rings is 1. The number of carbonyl (C=O) groups excluding carboxylic acids is 1. The van der Waals surface area contributed by atoms with Gasteiger partial charge in [0.15, 0.2) is 0 Å². The molecule has 0 radical (unpaired) electrons. The largest absolute Gasteiger partial charge is 0.396 e. The van der Waals surface area contributed by atoms with Crippen molar-refractivity contribution in [2.75, 3.05) is 29.0 Å². The highest BCUT2D eigenvalue weighted by Gasteiger charge is 2.31. The molecule has 5 N–H and O–H groups in total. The summed E-state index contributed by atoms with van der Waals surface area (Å²) in [5, 5.41) is 16.9. The molecule has 3 rings (SSSR count). The van der Waals surface area contributed by atoms with Crippen LogP contribution in [0.5, 0.6) is 0 Å². The molecule has 0 atom stereocenters. The molecule has 1 aromatic heterocycles. The highest BCUT2D eigenvalue weighted by atomic mass is 16.3. The van der Waals surface area contributed by atoms with Crippen molar-refractivity contribution in [2.45, 2.75) is 83.9 Å². The monoisotopic (exact) mass is 417 g/mol. The number of nitrogens with one attached hydrogen (secondary N) is 2. The molecule has 0 spiro atoms. The van der Waals surface area contributed by atoms with Gasteiger partial charge in [0.25, 0.3) is 0 Å². The maximum atomic E-state index is 12.3. The van der Waals surface area contributed by atoms with Crippen LogP contribution >= 0.6 is 0 Å². The van der Waals surface area contributed by atoms with Crippen molar-refractivity contribution < 1.29 is 9.90 Å². The van der Waals surface area contributed by atoms with Gasteiger partial charge in [-0.1, -0.05) is 0 Å². The van der Waals surface area contributed by atoms with E-state index in [4.69, 9.17) is 5.73 Å². The molecule has 30 heavy (non-hydrogen) atoms. The van der Waals surface area contributed by atoms with Crippen molar-refractivity contribution in [3.8, 4) is 0 Å². The second kappa shape index (κ2) is 9.41. The zero-order valence-electron chi connectivity index (χ0n) is 18.9.